The molecule has 0 radical (unpaired) electrons. The first kappa shape index (κ1) is 41.6. The number of esters is 1. The molecule has 2 rings (SSSR count). The molecule has 0 aromatic heterocycles. The Morgan fingerprint density at radius 2 is 1.42 bits per heavy atom. The number of aliphatic carboxylic acids is 1. The third kappa shape index (κ3) is 11.5. The van der Waals surface area contributed by atoms with E-state index in [4.69, 9.17) is 34.3 Å². The standard InChI is InChI=1S/C25H34N8O14S3/c1-7(17(36)26-9(3)24(40)41)28-23(49)15-25(42)46-21(32-15)13(11(5)47-50(43,44)45)31-19(38)12(6-34)29-18(37)8(2)27-22(48)14-20(39)33-16(30-14)10(4)35/h7-9,11-15,34H,6H2,1-5H3,(H,26,36)(H,27,48)(H,28,49)(H,29,37)(H,31,38)(H,40,41)(H,30,33,39)(H,43,44,45). The van der Waals surface area contributed by atoms with Gasteiger partial charge in [0.25, 0.3) is 5.91 Å². The Morgan fingerprint density at radius 1 is 0.880 bits per heavy atom. The number of nitrogens with one attached hydrogen (secondary N) is 6. The van der Waals surface area contributed by atoms with Gasteiger partial charge in [-0.05, 0) is 27.7 Å². The first-order valence-electron chi connectivity index (χ1n) is 14.3. The second kappa shape index (κ2) is 17.4. The van der Waals surface area contributed by atoms with E-state index in [2.05, 4.69) is 46.1 Å². The van der Waals surface area contributed by atoms with Crippen molar-refractivity contribution < 1.29 is 65.7 Å². The van der Waals surface area contributed by atoms with Crippen molar-refractivity contribution in [3.05, 3.63) is 0 Å². The van der Waals surface area contributed by atoms with E-state index in [0.29, 0.717) is 0 Å². The maximum Gasteiger partial charge on any atom is 0.397 e. The van der Waals surface area contributed by atoms with Gasteiger partial charge < -0.3 is 46.9 Å². The number of ketones is 1. The van der Waals surface area contributed by atoms with Crippen molar-refractivity contribution in [2.75, 3.05) is 6.61 Å². The molecule has 9 N–H and O–H groups in total. The van der Waals surface area contributed by atoms with Crippen LogP contribution in [0.3, 0.4) is 0 Å². The van der Waals surface area contributed by atoms with Crippen LogP contribution in [-0.4, -0.2) is 141 Å². The first-order chi connectivity index (χ1) is 23.1. The Bertz CT molecular complexity index is 1630. The van der Waals surface area contributed by atoms with Crippen LogP contribution in [0.5, 0.6) is 0 Å². The first-order valence-corrected chi connectivity index (χ1v) is 16.4. The number of cyclic esters (lactones) is 1. The molecule has 0 aromatic rings. The lowest BCUT2D eigenvalue weighted by atomic mass is 10.1. The lowest BCUT2D eigenvalue weighted by Gasteiger charge is -2.26. The summed E-state index contributed by atoms with van der Waals surface area (Å²) in [5.74, 6) is -7.58. The number of carbonyl (C=O) groups excluding carboxylic acids is 6. The molecular weight excluding hydrogens is 733 g/mol. The predicted octanol–water partition coefficient (Wildman–Crippen LogP) is -4.83. The molecule has 22 nitrogen and oxygen atoms in total. The highest BCUT2D eigenvalue weighted by atomic mass is 32.3. The molecule has 8 unspecified atom stereocenters. The molecule has 2 aliphatic heterocycles. The van der Waals surface area contributed by atoms with Gasteiger partial charge in [-0.15, -0.1) is 0 Å². The number of thiocarbonyl (C=S) groups is 2. The van der Waals surface area contributed by atoms with Crippen LogP contribution in [0.4, 0.5) is 0 Å². The number of aliphatic hydroxyl groups is 1. The summed E-state index contributed by atoms with van der Waals surface area (Å²) in [4.78, 5) is 92.8. The second-order valence-corrected chi connectivity index (χ2v) is 12.6. The average Bonchev–Trinajstić information content (AvgIpc) is 3.59. The summed E-state index contributed by atoms with van der Waals surface area (Å²) >= 11 is 10.3. The second-order valence-electron chi connectivity index (χ2n) is 10.7. The zero-order chi connectivity index (χ0) is 38.2. The lowest BCUT2D eigenvalue weighted by molar-refractivity contribution is -0.141. The fourth-order valence-electron chi connectivity index (χ4n) is 3.92. The van der Waals surface area contributed by atoms with Gasteiger partial charge in [-0.1, -0.05) is 24.4 Å². The van der Waals surface area contributed by atoms with Crippen LogP contribution in [0.25, 0.3) is 0 Å². The van der Waals surface area contributed by atoms with Crippen molar-refractivity contribution in [2.24, 2.45) is 9.98 Å². The van der Waals surface area contributed by atoms with E-state index >= 15 is 0 Å². The number of hydrogen-bond acceptors (Lipinski definition) is 16. The van der Waals surface area contributed by atoms with Crippen LogP contribution in [0.15, 0.2) is 9.98 Å². The molecule has 2 aliphatic rings. The summed E-state index contributed by atoms with van der Waals surface area (Å²) in [6, 6.07) is -10.2. The van der Waals surface area contributed by atoms with Crippen LogP contribution in [0.2, 0.25) is 0 Å². The fraction of sp³-hybridized carbons (Fsp3) is 0.560. The molecule has 50 heavy (non-hydrogen) atoms. The van der Waals surface area contributed by atoms with E-state index in [1.807, 2.05) is 0 Å². The highest BCUT2D eigenvalue weighted by molar-refractivity contribution is 7.81. The summed E-state index contributed by atoms with van der Waals surface area (Å²) in [6.45, 7) is 4.94. The number of Topliss-reactive ketones (excluding diaryl/α,β-unsaturated/α-hetero) is 1. The van der Waals surface area contributed by atoms with E-state index in [1.54, 1.807) is 0 Å². The molecule has 0 aromatic carbocycles. The largest absolute Gasteiger partial charge is 0.480 e. The van der Waals surface area contributed by atoms with Crippen molar-refractivity contribution in [2.45, 2.75) is 83.0 Å². The minimum Gasteiger partial charge on any atom is -0.480 e. The topological polar surface area (TPSA) is 330 Å². The van der Waals surface area contributed by atoms with Crippen LogP contribution >= 0.6 is 24.4 Å². The number of amides is 4. The third-order valence-electron chi connectivity index (χ3n) is 6.62. The number of rotatable bonds is 17. The van der Waals surface area contributed by atoms with Gasteiger partial charge in [0, 0.05) is 6.92 Å². The zero-order valence-electron chi connectivity index (χ0n) is 26.8. The van der Waals surface area contributed by atoms with Gasteiger partial charge in [0.05, 0.1) is 6.61 Å². The molecular formula is C25H34N8O14S3. The van der Waals surface area contributed by atoms with Gasteiger partial charge in [-0.2, -0.15) is 8.42 Å². The molecule has 0 fully saturated rings. The highest BCUT2D eigenvalue weighted by Crippen LogP contribution is 2.16. The van der Waals surface area contributed by atoms with E-state index in [0.717, 1.165) is 6.92 Å². The number of aliphatic imine (C=N–C) groups is 2. The van der Waals surface area contributed by atoms with E-state index in [1.165, 1.54) is 27.7 Å². The molecule has 4 amide bonds. The van der Waals surface area contributed by atoms with Gasteiger partial charge in [0.15, 0.2) is 17.7 Å². The summed E-state index contributed by atoms with van der Waals surface area (Å²) < 4.78 is 41.7. The highest BCUT2D eigenvalue weighted by Gasteiger charge is 2.42. The Kier molecular flexibility index (Phi) is 14.5. The van der Waals surface area contributed by atoms with Gasteiger partial charge >= 0.3 is 22.3 Å². The Labute approximate surface area is 294 Å². The lowest BCUT2D eigenvalue weighted by Crippen LogP contribution is -2.58. The maximum absolute atomic E-state index is 13.2. The predicted molar refractivity (Wildman–Crippen MR) is 176 cm³/mol. The number of aliphatic hydroxyl groups excluding tert-OH is 1. The number of carbonyl (C=O) groups is 7. The molecule has 2 heterocycles. The summed E-state index contributed by atoms with van der Waals surface area (Å²) in [5, 5.41) is 32.7. The number of nitrogens with zero attached hydrogens (tertiary/aromatic N) is 2. The number of hydrogen-bond donors (Lipinski definition) is 9. The van der Waals surface area contributed by atoms with Crippen molar-refractivity contribution >= 4 is 97.9 Å². The molecule has 0 bridgehead atoms. The maximum atomic E-state index is 13.2. The van der Waals surface area contributed by atoms with Crippen molar-refractivity contribution in [3.8, 4) is 0 Å². The third-order valence-corrected chi connectivity index (χ3v) is 7.85. The van der Waals surface area contributed by atoms with Crippen LogP contribution < -0.4 is 31.9 Å². The molecule has 276 valence electrons. The normalized spacial score (nSPS) is 20.6. The Hall–Kier alpha value is -4.56. The monoisotopic (exact) mass is 766 g/mol. The fourth-order valence-corrected chi connectivity index (χ4v) is 5.08. The number of amidine groups is 1. The van der Waals surface area contributed by atoms with Gasteiger partial charge in [-0.3, -0.25) is 33.3 Å². The number of carboxylic acids is 1. The summed E-state index contributed by atoms with van der Waals surface area (Å²) in [7, 11) is -5.17. The summed E-state index contributed by atoms with van der Waals surface area (Å²) in [5.41, 5.74) is 0. The number of ether oxygens (including phenoxy) is 1. The van der Waals surface area contributed by atoms with Crippen molar-refractivity contribution in [1.82, 2.24) is 31.9 Å². The van der Waals surface area contributed by atoms with Crippen molar-refractivity contribution in [1.29, 1.82) is 0 Å². The molecule has 0 spiro atoms. The average molecular weight is 767 g/mol. The van der Waals surface area contributed by atoms with Crippen LogP contribution in [0, 0.1) is 0 Å². The molecule has 25 heteroatoms. The van der Waals surface area contributed by atoms with Gasteiger partial charge in [-0.25, -0.2) is 19.0 Å². The van der Waals surface area contributed by atoms with Gasteiger partial charge in [0.1, 0.15) is 46.3 Å². The molecule has 0 saturated carbocycles. The summed E-state index contributed by atoms with van der Waals surface area (Å²) in [6.07, 6.45) is -1.74. The van der Waals surface area contributed by atoms with Crippen molar-refractivity contribution in [3.63, 3.8) is 0 Å². The Morgan fingerprint density at radius 3 is 1.90 bits per heavy atom. The molecule has 8 atom stereocenters. The number of carboxylic acid groups (broad SMARTS) is 1. The quantitative estimate of drug-likeness (QED) is 0.0381. The van der Waals surface area contributed by atoms with E-state index < -0.39 is 113 Å². The minimum atomic E-state index is -5.17. The smallest absolute Gasteiger partial charge is 0.397 e. The molecule has 0 saturated heterocycles. The zero-order valence-corrected chi connectivity index (χ0v) is 29.2. The van der Waals surface area contributed by atoms with E-state index in [9.17, 15) is 51.6 Å². The Balaban J connectivity index is 2.20. The van der Waals surface area contributed by atoms with Gasteiger partial charge in [0.2, 0.25) is 29.7 Å². The SMILES string of the molecule is CC(=O)C1=NC(C(=S)NC(C)C(=O)NC(CO)C(=O)NC(C2=NC(C(=S)NC(C)C(=O)NC(C)C(=O)O)C(=O)O2)C(C)OS(=O)(=O)O)C(=O)N1. The van der Waals surface area contributed by atoms with Crippen LogP contribution in [-0.2, 0) is 52.9 Å². The van der Waals surface area contributed by atoms with Crippen LogP contribution in [0.1, 0.15) is 34.6 Å². The minimum absolute atomic E-state index is 0.230. The molecule has 0 aliphatic carbocycles. The van der Waals surface area contributed by atoms with E-state index in [-0.39, 0.29) is 15.8 Å².